The molecule has 30 heavy (non-hydrogen) atoms. The maximum atomic E-state index is 12.6. The van der Waals surface area contributed by atoms with Gasteiger partial charge < -0.3 is 15.1 Å². The molecule has 2 aliphatic rings. The molecule has 0 unspecified atom stereocenters. The van der Waals surface area contributed by atoms with Crippen LogP contribution in [0.3, 0.4) is 0 Å². The minimum absolute atomic E-state index is 0.0864. The smallest absolute Gasteiger partial charge is 0.225 e. The second-order valence-corrected chi connectivity index (χ2v) is 8.61. The molecule has 1 aromatic heterocycles. The first kappa shape index (κ1) is 20.6. The van der Waals surface area contributed by atoms with E-state index in [1.54, 1.807) is 0 Å². The van der Waals surface area contributed by atoms with Crippen LogP contribution in [0.15, 0.2) is 36.7 Å². The Morgan fingerprint density at radius 3 is 2.37 bits per heavy atom. The van der Waals surface area contributed by atoms with Gasteiger partial charge in [0.05, 0.1) is 18.1 Å². The molecule has 0 bridgehead atoms. The molecular weight excluding hydrogens is 374 g/mol. The number of aromatic nitrogens is 2. The van der Waals surface area contributed by atoms with Crippen LogP contribution in [0.1, 0.15) is 49.7 Å². The number of benzene rings is 1. The standard InChI is InChI=1S/C24H33N5O/c1-19-7-6-8-20(15-19)16-25-23(30)21-9-13-28(14-10-21)22-17-26-24(27-18-22)29-11-4-2-3-5-12-29/h6-8,15,17-18,21H,2-5,9-14,16H2,1H3,(H,25,30). The summed E-state index contributed by atoms with van der Waals surface area (Å²) in [6.45, 7) is 6.53. The van der Waals surface area contributed by atoms with Crippen LogP contribution >= 0.6 is 0 Å². The summed E-state index contributed by atoms with van der Waals surface area (Å²) >= 11 is 0. The summed E-state index contributed by atoms with van der Waals surface area (Å²) in [7, 11) is 0. The Bertz CT molecular complexity index is 822. The Labute approximate surface area is 179 Å². The molecule has 4 rings (SSSR count). The summed E-state index contributed by atoms with van der Waals surface area (Å²) in [6.07, 6.45) is 10.7. The molecule has 2 fully saturated rings. The van der Waals surface area contributed by atoms with Crippen LogP contribution in [0.25, 0.3) is 0 Å². The average molecular weight is 408 g/mol. The lowest BCUT2D eigenvalue weighted by Crippen LogP contribution is -2.40. The van der Waals surface area contributed by atoms with Gasteiger partial charge in [-0.15, -0.1) is 0 Å². The van der Waals surface area contributed by atoms with E-state index in [1.165, 1.54) is 31.2 Å². The molecule has 2 aromatic rings. The number of nitrogens with zero attached hydrogens (tertiary/aromatic N) is 4. The van der Waals surface area contributed by atoms with E-state index in [9.17, 15) is 4.79 Å². The van der Waals surface area contributed by atoms with Crippen molar-refractivity contribution in [2.45, 2.75) is 52.0 Å². The second kappa shape index (κ2) is 9.92. The molecular formula is C24H33N5O. The Balaban J connectivity index is 1.26. The second-order valence-electron chi connectivity index (χ2n) is 8.61. The van der Waals surface area contributed by atoms with Crippen LogP contribution in [0.4, 0.5) is 11.6 Å². The topological polar surface area (TPSA) is 61.4 Å². The fraction of sp³-hybridized carbons (Fsp3) is 0.542. The zero-order valence-electron chi connectivity index (χ0n) is 18.0. The van der Waals surface area contributed by atoms with E-state index < -0.39 is 0 Å². The van der Waals surface area contributed by atoms with Crippen LogP contribution in [0.5, 0.6) is 0 Å². The fourth-order valence-electron chi connectivity index (χ4n) is 4.47. The Hall–Kier alpha value is -2.63. The first-order chi connectivity index (χ1) is 14.7. The average Bonchev–Trinajstić information content (AvgIpc) is 3.07. The highest BCUT2D eigenvalue weighted by Gasteiger charge is 2.25. The predicted molar refractivity (Wildman–Crippen MR) is 121 cm³/mol. The minimum Gasteiger partial charge on any atom is -0.369 e. The number of hydrogen-bond donors (Lipinski definition) is 1. The van der Waals surface area contributed by atoms with Gasteiger partial charge >= 0.3 is 0 Å². The summed E-state index contributed by atoms with van der Waals surface area (Å²) in [6, 6.07) is 8.30. The Morgan fingerprint density at radius 1 is 1.00 bits per heavy atom. The molecule has 2 aliphatic heterocycles. The van der Waals surface area contributed by atoms with Gasteiger partial charge in [-0.05, 0) is 38.2 Å². The summed E-state index contributed by atoms with van der Waals surface area (Å²) in [4.78, 5) is 26.5. The van der Waals surface area contributed by atoms with Crippen molar-refractivity contribution < 1.29 is 4.79 Å². The SMILES string of the molecule is Cc1cccc(CNC(=O)C2CCN(c3cnc(N4CCCCCC4)nc3)CC2)c1. The lowest BCUT2D eigenvalue weighted by Gasteiger charge is -2.32. The fourth-order valence-corrected chi connectivity index (χ4v) is 4.47. The summed E-state index contributed by atoms with van der Waals surface area (Å²) < 4.78 is 0. The molecule has 1 N–H and O–H groups in total. The van der Waals surface area contributed by atoms with Gasteiger partial charge in [0.2, 0.25) is 11.9 Å². The van der Waals surface area contributed by atoms with Crippen LogP contribution in [0, 0.1) is 12.8 Å². The normalized spacial score (nSPS) is 18.2. The molecule has 0 aliphatic carbocycles. The van der Waals surface area contributed by atoms with Crippen LogP contribution in [0.2, 0.25) is 0 Å². The first-order valence-electron chi connectivity index (χ1n) is 11.3. The van der Waals surface area contributed by atoms with Crippen LogP contribution in [-0.2, 0) is 11.3 Å². The van der Waals surface area contributed by atoms with Crippen LogP contribution in [-0.4, -0.2) is 42.1 Å². The number of carbonyl (C=O) groups is 1. The molecule has 6 nitrogen and oxygen atoms in total. The van der Waals surface area contributed by atoms with Gasteiger partial charge in [-0.2, -0.15) is 0 Å². The Morgan fingerprint density at radius 2 is 1.70 bits per heavy atom. The van der Waals surface area contributed by atoms with Crippen molar-refractivity contribution in [3.05, 3.63) is 47.8 Å². The Kier molecular flexibility index (Phi) is 6.82. The van der Waals surface area contributed by atoms with Crippen molar-refractivity contribution in [2.75, 3.05) is 36.0 Å². The van der Waals surface area contributed by atoms with Gasteiger partial charge in [0.15, 0.2) is 0 Å². The lowest BCUT2D eigenvalue weighted by atomic mass is 9.95. The van der Waals surface area contributed by atoms with E-state index in [4.69, 9.17) is 0 Å². The third-order valence-electron chi connectivity index (χ3n) is 6.29. The highest BCUT2D eigenvalue weighted by molar-refractivity contribution is 5.79. The van der Waals surface area contributed by atoms with E-state index in [-0.39, 0.29) is 11.8 Å². The predicted octanol–water partition coefficient (Wildman–Crippen LogP) is 3.70. The van der Waals surface area contributed by atoms with E-state index >= 15 is 0 Å². The van der Waals surface area contributed by atoms with Gasteiger partial charge in [-0.3, -0.25) is 4.79 Å². The van der Waals surface area contributed by atoms with Crippen molar-refractivity contribution in [3.8, 4) is 0 Å². The number of hydrogen-bond acceptors (Lipinski definition) is 5. The minimum atomic E-state index is 0.0864. The van der Waals surface area contributed by atoms with Gasteiger partial charge in [-0.1, -0.05) is 42.7 Å². The molecule has 6 heteroatoms. The third-order valence-corrected chi connectivity index (χ3v) is 6.29. The maximum absolute atomic E-state index is 12.6. The number of nitrogens with one attached hydrogen (secondary N) is 1. The number of aryl methyl sites for hydroxylation is 1. The highest BCUT2D eigenvalue weighted by Crippen LogP contribution is 2.24. The summed E-state index contributed by atoms with van der Waals surface area (Å²) in [5.74, 6) is 1.11. The van der Waals surface area contributed by atoms with E-state index in [2.05, 4.69) is 50.2 Å². The zero-order valence-corrected chi connectivity index (χ0v) is 18.0. The summed E-state index contributed by atoms with van der Waals surface area (Å²) in [5.41, 5.74) is 3.44. The van der Waals surface area contributed by atoms with Crippen molar-refractivity contribution >= 4 is 17.5 Å². The molecule has 2 saturated heterocycles. The van der Waals surface area contributed by atoms with Gasteiger partial charge in [0.25, 0.3) is 0 Å². The number of amides is 1. The van der Waals surface area contributed by atoms with Gasteiger partial charge in [-0.25, -0.2) is 9.97 Å². The first-order valence-corrected chi connectivity index (χ1v) is 11.3. The largest absolute Gasteiger partial charge is 0.369 e. The molecule has 0 spiro atoms. The molecule has 0 atom stereocenters. The van der Waals surface area contributed by atoms with E-state index in [0.717, 1.165) is 56.2 Å². The summed E-state index contributed by atoms with van der Waals surface area (Å²) in [5, 5.41) is 3.11. The van der Waals surface area contributed by atoms with Gasteiger partial charge in [0, 0.05) is 38.6 Å². The molecule has 1 amide bonds. The number of carbonyl (C=O) groups excluding carboxylic acids is 1. The molecule has 0 saturated carbocycles. The van der Waals surface area contributed by atoms with Crippen molar-refractivity contribution in [1.29, 1.82) is 0 Å². The number of rotatable bonds is 5. The monoisotopic (exact) mass is 407 g/mol. The molecule has 0 radical (unpaired) electrons. The van der Waals surface area contributed by atoms with E-state index in [0.29, 0.717) is 6.54 Å². The lowest BCUT2D eigenvalue weighted by molar-refractivity contribution is -0.125. The molecule has 3 heterocycles. The zero-order chi connectivity index (χ0) is 20.8. The number of anilines is 2. The number of piperidine rings is 1. The molecule has 160 valence electrons. The molecule has 1 aromatic carbocycles. The van der Waals surface area contributed by atoms with Crippen LogP contribution < -0.4 is 15.1 Å². The highest BCUT2D eigenvalue weighted by atomic mass is 16.1. The van der Waals surface area contributed by atoms with Gasteiger partial charge in [0.1, 0.15) is 0 Å². The quantitative estimate of drug-likeness (QED) is 0.819. The van der Waals surface area contributed by atoms with E-state index in [1.807, 2.05) is 18.5 Å². The third kappa shape index (κ3) is 5.29. The van der Waals surface area contributed by atoms with Crippen molar-refractivity contribution in [1.82, 2.24) is 15.3 Å². The maximum Gasteiger partial charge on any atom is 0.225 e. The van der Waals surface area contributed by atoms with Crippen molar-refractivity contribution in [3.63, 3.8) is 0 Å². The van der Waals surface area contributed by atoms with Crippen molar-refractivity contribution in [2.24, 2.45) is 5.92 Å².